The lowest BCUT2D eigenvalue weighted by molar-refractivity contribution is -0.183. The summed E-state index contributed by atoms with van der Waals surface area (Å²) in [6, 6.07) is 6.49. The maximum atomic E-state index is 12.4. The van der Waals surface area contributed by atoms with E-state index in [0.717, 1.165) is 0 Å². The maximum absolute atomic E-state index is 12.4. The second-order valence-electron chi connectivity index (χ2n) is 3.44. The molecule has 0 bridgehead atoms. The Hall–Kier alpha value is -1.23. The molecule has 0 amide bonds. The average molecular weight is 234 g/mol. The van der Waals surface area contributed by atoms with Crippen molar-refractivity contribution in [2.75, 3.05) is 13.7 Å². The molecule has 16 heavy (non-hydrogen) atoms. The van der Waals surface area contributed by atoms with Gasteiger partial charge in [0.1, 0.15) is 5.75 Å². The Morgan fingerprint density at radius 1 is 1.31 bits per heavy atom. The van der Waals surface area contributed by atoms with Crippen molar-refractivity contribution in [1.29, 1.82) is 0 Å². The topological polar surface area (TPSA) is 29.5 Å². The Morgan fingerprint density at radius 2 is 1.94 bits per heavy atom. The number of aliphatic hydroxyl groups excluding tert-OH is 1. The van der Waals surface area contributed by atoms with E-state index in [1.807, 2.05) is 0 Å². The van der Waals surface area contributed by atoms with Crippen LogP contribution in [-0.2, 0) is 6.42 Å². The molecule has 0 aliphatic heterocycles. The molecule has 90 valence electrons. The van der Waals surface area contributed by atoms with Gasteiger partial charge in [-0.15, -0.1) is 0 Å². The second-order valence-corrected chi connectivity index (χ2v) is 3.44. The van der Waals surface area contributed by atoms with Crippen LogP contribution in [0.5, 0.6) is 5.75 Å². The van der Waals surface area contributed by atoms with Crippen molar-refractivity contribution in [3.05, 3.63) is 29.8 Å². The van der Waals surface area contributed by atoms with E-state index >= 15 is 0 Å². The van der Waals surface area contributed by atoms with Crippen LogP contribution in [0.4, 0.5) is 13.2 Å². The van der Waals surface area contributed by atoms with Crippen LogP contribution in [0.15, 0.2) is 24.3 Å². The maximum Gasteiger partial charge on any atom is 0.394 e. The van der Waals surface area contributed by atoms with Crippen LogP contribution in [0.25, 0.3) is 0 Å². The van der Waals surface area contributed by atoms with Gasteiger partial charge in [-0.2, -0.15) is 13.2 Å². The van der Waals surface area contributed by atoms with Crippen LogP contribution < -0.4 is 4.74 Å². The number of aliphatic hydroxyl groups is 1. The summed E-state index contributed by atoms with van der Waals surface area (Å²) in [6.07, 6.45) is -4.67. The summed E-state index contributed by atoms with van der Waals surface area (Å²) in [6.45, 7) is -0.915. The number of halogens is 3. The molecule has 0 aromatic heterocycles. The first-order valence-corrected chi connectivity index (χ1v) is 4.78. The first-order chi connectivity index (χ1) is 7.49. The van der Waals surface area contributed by atoms with Crippen molar-refractivity contribution in [3.8, 4) is 5.75 Å². The van der Waals surface area contributed by atoms with Gasteiger partial charge in [0.15, 0.2) is 0 Å². The molecule has 1 rings (SSSR count). The van der Waals surface area contributed by atoms with Crippen molar-refractivity contribution < 1.29 is 23.0 Å². The summed E-state index contributed by atoms with van der Waals surface area (Å²) >= 11 is 0. The molecule has 0 spiro atoms. The van der Waals surface area contributed by atoms with E-state index in [-0.39, 0.29) is 6.42 Å². The van der Waals surface area contributed by atoms with Crippen LogP contribution in [0, 0.1) is 5.92 Å². The van der Waals surface area contributed by atoms with Crippen molar-refractivity contribution >= 4 is 0 Å². The summed E-state index contributed by atoms with van der Waals surface area (Å²) < 4.78 is 42.3. The fourth-order valence-electron chi connectivity index (χ4n) is 1.42. The van der Waals surface area contributed by atoms with E-state index in [2.05, 4.69) is 0 Å². The fraction of sp³-hybridized carbons (Fsp3) is 0.455. The molecular formula is C11H13F3O2. The second kappa shape index (κ2) is 5.21. The molecule has 1 N–H and O–H groups in total. The molecule has 1 unspecified atom stereocenters. The van der Waals surface area contributed by atoms with Gasteiger partial charge in [-0.25, -0.2) is 0 Å². The summed E-state index contributed by atoms with van der Waals surface area (Å²) in [5.41, 5.74) is 0.446. The molecular weight excluding hydrogens is 221 g/mol. The highest BCUT2D eigenvalue weighted by Gasteiger charge is 2.39. The Balaban J connectivity index is 2.86. The Bertz CT molecular complexity index is 336. The van der Waals surface area contributed by atoms with E-state index < -0.39 is 18.7 Å². The molecule has 5 heteroatoms. The van der Waals surface area contributed by atoms with Gasteiger partial charge in [-0.05, 0) is 18.1 Å². The van der Waals surface area contributed by atoms with Gasteiger partial charge < -0.3 is 9.84 Å². The Morgan fingerprint density at radius 3 is 2.44 bits per heavy atom. The predicted octanol–water partition coefficient (Wildman–Crippen LogP) is 2.41. The number of methoxy groups -OCH3 is 1. The van der Waals surface area contributed by atoms with Crippen molar-refractivity contribution in [2.24, 2.45) is 5.92 Å². The molecule has 0 heterocycles. The molecule has 0 radical (unpaired) electrons. The molecule has 0 aliphatic rings. The highest BCUT2D eigenvalue weighted by Crippen LogP contribution is 2.31. The zero-order chi connectivity index (χ0) is 12.2. The number of ether oxygens (including phenoxy) is 1. The SMILES string of the molecule is COc1ccccc1CC(CO)C(F)(F)F. The molecule has 0 saturated heterocycles. The lowest BCUT2D eigenvalue weighted by Gasteiger charge is -2.18. The standard InChI is InChI=1S/C11H13F3O2/c1-16-10-5-3-2-4-8(10)6-9(7-15)11(12,13)14/h2-5,9,15H,6-7H2,1H3. The minimum atomic E-state index is -4.39. The Labute approximate surface area is 91.7 Å². The number of alkyl halides is 3. The highest BCUT2D eigenvalue weighted by atomic mass is 19.4. The zero-order valence-corrected chi connectivity index (χ0v) is 8.79. The van der Waals surface area contributed by atoms with Crippen LogP contribution in [0.1, 0.15) is 5.56 Å². The van der Waals surface area contributed by atoms with E-state index in [4.69, 9.17) is 9.84 Å². The van der Waals surface area contributed by atoms with Gasteiger partial charge in [-0.1, -0.05) is 18.2 Å². The normalized spacial score (nSPS) is 13.6. The van der Waals surface area contributed by atoms with Crippen LogP contribution >= 0.6 is 0 Å². The predicted molar refractivity (Wildman–Crippen MR) is 53.3 cm³/mol. The molecule has 1 aromatic rings. The summed E-state index contributed by atoms with van der Waals surface area (Å²) in [4.78, 5) is 0. The molecule has 1 aromatic carbocycles. The van der Waals surface area contributed by atoms with Gasteiger partial charge in [0, 0.05) is 0 Å². The minimum Gasteiger partial charge on any atom is -0.496 e. The molecule has 2 nitrogen and oxygen atoms in total. The van der Waals surface area contributed by atoms with Gasteiger partial charge in [-0.3, -0.25) is 0 Å². The molecule has 0 fully saturated rings. The van der Waals surface area contributed by atoms with Crippen molar-refractivity contribution in [3.63, 3.8) is 0 Å². The van der Waals surface area contributed by atoms with Gasteiger partial charge in [0.25, 0.3) is 0 Å². The van der Waals surface area contributed by atoms with E-state index in [0.29, 0.717) is 11.3 Å². The van der Waals surface area contributed by atoms with Gasteiger partial charge in [0.05, 0.1) is 19.6 Å². The van der Waals surface area contributed by atoms with Crippen LogP contribution in [-0.4, -0.2) is 25.0 Å². The third-order valence-electron chi connectivity index (χ3n) is 2.34. The first kappa shape index (κ1) is 12.8. The van der Waals surface area contributed by atoms with Crippen molar-refractivity contribution in [1.82, 2.24) is 0 Å². The lowest BCUT2D eigenvalue weighted by Crippen LogP contribution is -2.28. The minimum absolute atomic E-state index is 0.274. The van der Waals surface area contributed by atoms with Crippen LogP contribution in [0.3, 0.4) is 0 Å². The van der Waals surface area contributed by atoms with Crippen LogP contribution in [0.2, 0.25) is 0 Å². The Kier molecular flexibility index (Phi) is 4.18. The number of para-hydroxylation sites is 1. The number of rotatable bonds is 4. The number of hydrogen-bond acceptors (Lipinski definition) is 2. The third-order valence-corrected chi connectivity index (χ3v) is 2.34. The first-order valence-electron chi connectivity index (χ1n) is 4.78. The van der Waals surface area contributed by atoms with E-state index in [9.17, 15) is 13.2 Å². The molecule has 0 aliphatic carbocycles. The zero-order valence-electron chi connectivity index (χ0n) is 8.79. The summed E-state index contributed by atoms with van der Waals surface area (Å²) in [7, 11) is 1.40. The van der Waals surface area contributed by atoms with Gasteiger partial charge >= 0.3 is 6.18 Å². The quantitative estimate of drug-likeness (QED) is 0.866. The lowest BCUT2D eigenvalue weighted by atomic mass is 9.99. The van der Waals surface area contributed by atoms with E-state index in [1.54, 1.807) is 24.3 Å². The monoisotopic (exact) mass is 234 g/mol. The smallest absolute Gasteiger partial charge is 0.394 e. The van der Waals surface area contributed by atoms with E-state index in [1.165, 1.54) is 7.11 Å². The molecule has 1 atom stereocenters. The largest absolute Gasteiger partial charge is 0.496 e. The molecule has 0 saturated carbocycles. The third kappa shape index (κ3) is 3.13. The number of hydrogen-bond donors (Lipinski definition) is 1. The number of benzene rings is 1. The fourth-order valence-corrected chi connectivity index (χ4v) is 1.42. The highest BCUT2D eigenvalue weighted by molar-refractivity contribution is 5.33. The van der Waals surface area contributed by atoms with Crippen molar-refractivity contribution in [2.45, 2.75) is 12.6 Å². The summed E-state index contributed by atoms with van der Waals surface area (Å²) in [5.74, 6) is -1.34. The summed E-state index contributed by atoms with van der Waals surface area (Å²) in [5, 5.41) is 8.73. The average Bonchev–Trinajstić information content (AvgIpc) is 2.24. The van der Waals surface area contributed by atoms with Gasteiger partial charge in [0.2, 0.25) is 0 Å².